The third-order valence-corrected chi connectivity index (χ3v) is 7.11. The second-order valence-electron chi connectivity index (χ2n) is 9.31. The summed E-state index contributed by atoms with van der Waals surface area (Å²) < 4.78 is 7.05. The molecule has 0 aliphatic carbocycles. The van der Waals surface area contributed by atoms with Crippen LogP contribution >= 0.6 is 0 Å². The number of aromatic nitrogens is 4. The number of anilines is 2. The van der Waals surface area contributed by atoms with Crippen molar-refractivity contribution in [3.63, 3.8) is 0 Å². The average molecular weight is 508 g/mol. The Morgan fingerprint density at radius 2 is 1.61 bits per heavy atom. The van der Waals surface area contributed by atoms with E-state index in [9.17, 15) is 4.79 Å². The molecular formula is C29H29N7O2. The number of piperazine rings is 1. The van der Waals surface area contributed by atoms with Crippen LogP contribution < -0.4 is 10.1 Å². The highest BCUT2D eigenvalue weighted by atomic mass is 16.5. The molecule has 0 saturated carbocycles. The summed E-state index contributed by atoms with van der Waals surface area (Å²) in [6.07, 6.45) is 0. The van der Waals surface area contributed by atoms with E-state index in [-0.39, 0.29) is 5.91 Å². The van der Waals surface area contributed by atoms with Crippen LogP contribution in [0, 0.1) is 0 Å². The lowest BCUT2D eigenvalue weighted by Crippen LogP contribution is -2.48. The van der Waals surface area contributed by atoms with E-state index < -0.39 is 0 Å². The van der Waals surface area contributed by atoms with Gasteiger partial charge in [0.25, 0.3) is 5.91 Å². The number of nitrogens with zero attached hydrogens (tertiary/aromatic N) is 6. The van der Waals surface area contributed by atoms with Crippen LogP contribution in [0.1, 0.15) is 17.3 Å². The SMILES string of the molecule is CCN1CCN(C(=O)c2ccc(Nc3nn4c(-c5ccc(OC)cc5)nnc4c4ccccc34)cc2)CC1. The zero-order valence-electron chi connectivity index (χ0n) is 21.5. The molecule has 0 spiro atoms. The smallest absolute Gasteiger partial charge is 0.253 e. The highest BCUT2D eigenvalue weighted by Gasteiger charge is 2.21. The van der Waals surface area contributed by atoms with Gasteiger partial charge in [-0.1, -0.05) is 31.2 Å². The van der Waals surface area contributed by atoms with Gasteiger partial charge in [-0.05, 0) is 55.1 Å². The number of methoxy groups -OCH3 is 1. The summed E-state index contributed by atoms with van der Waals surface area (Å²) >= 11 is 0. The van der Waals surface area contributed by atoms with Crippen molar-refractivity contribution in [2.75, 3.05) is 45.2 Å². The predicted octanol–water partition coefficient (Wildman–Crippen LogP) is 4.47. The van der Waals surface area contributed by atoms with Gasteiger partial charge in [0.1, 0.15) is 5.75 Å². The van der Waals surface area contributed by atoms with E-state index in [1.54, 1.807) is 11.6 Å². The molecule has 192 valence electrons. The van der Waals surface area contributed by atoms with Crippen LogP contribution in [-0.2, 0) is 0 Å². The Kier molecular flexibility index (Phi) is 6.35. The lowest BCUT2D eigenvalue weighted by Gasteiger charge is -2.34. The van der Waals surface area contributed by atoms with E-state index in [1.165, 1.54) is 0 Å². The van der Waals surface area contributed by atoms with Crippen LogP contribution in [0.5, 0.6) is 5.75 Å². The normalized spacial score (nSPS) is 14.2. The number of carbonyl (C=O) groups excluding carboxylic acids is 1. The third kappa shape index (κ3) is 4.41. The minimum Gasteiger partial charge on any atom is -0.497 e. The zero-order chi connectivity index (χ0) is 26.1. The van der Waals surface area contributed by atoms with Crippen molar-refractivity contribution < 1.29 is 9.53 Å². The van der Waals surface area contributed by atoms with Crippen molar-refractivity contribution in [2.24, 2.45) is 0 Å². The molecule has 0 bridgehead atoms. The second kappa shape index (κ2) is 10.1. The first-order chi connectivity index (χ1) is 18.6. The number of fused-ring (bicyclic) bond motifs is 3. The maximum atomic E-state index is 13.0. The Balaban J connectivity index is 1.30. The molecule has 0 unspecified atom stereocenters. The van der Waals surface area contributed by atoms with Crippen molar-refractivity contribution in [2.45, 2.75) is 6.92 Å². The van der Waals surface area contributed by atoms with Crippen molar-refractivity contribution in [3.05, 3.63) is 78.4 Å². The van der Waals surface area contributed by atoms with Gasteiger partial charge in [0, 0.05) is 53.8 Å². The van der Waals surface area contributed by atoms with Gasteiger partial charge in [-0.2, -0.15) is 4.52 Å². The molecule has 0 atom stereocenters. The minimum absolute atomic E-state index is 0.0749. The number of carbonyl (C=O) groups is 1. The van der Waals surface area contributed by atoms with Crippen molar-refractivity contribution in [1.29, 1.82) is 0 Å². The van der Waals surface area contributed by atoms with Gasteiger partial charge in [0.15, 0.2) is 17.3 Å². The number of benzene rings is 3. The second-order valence-corrected chi connectivity index (χ2v) is 9.31. The fourth-order valence-electron chi connectivity index (χ4n) is 4.88. The molecule has 1 amide bonds. The highest BCUT2D eigenvalue weighted by molar-refractivity contribution is 6.01. The molecule has 1 N–H and O–H groups in total. The van der Waals surface area contributed by atoms with Crippen LogP contribution in [0.15, 0.2) is 72.8 Å². The fourth-order valence-corrected chi connectivity index (χ4v) is 4.88. The van der Waals surface area contributed by atoms with Crippen molar-refractivity contribution >= 4 is 33.8 Å². The molecule has 5 aromatic rings. The highest BCUT2D eigenvalue weighted by Crippen LogP contribution is 2.30. The van der Waals surface area contributed by atoms with Crippen LogP contribution in [0.3, 0.4) is 0 Å². The summed E-state index contributed by atoms with van der Waals surface area (Å²) in [5, 5.41) is 19.1. The van der Waals surface area contributed by atoms with Gasteiger partial charge in [-0.3, -0.25) is 4.79 Å². The molecular weight excluding hydrogens is 478 g/mol. The molecule has 6 rings (SSSR count). The van der Waals surface area contributed by atoms with Gasteiger partial charge < -0.3 is 19.9 Å². The van der Waals surface area contributed by atoms with Gasteiger partial charge in [-0.25, -0.2) is 0 Å². The topological polar surface area (TPSA) is 87.9 Å². The summed E-state index contributed by atoms with van der Waals surface area (Å²) in [5.41, 5.74) is 3.10. The summed E-state index contributed by atoms with van der Waals surface area (Å²) in [4.78, 5) is 17.3. The summed E-state index contributed by atoms with van der Waals surface area (Å²) in [6, 6.07) is 23.3. The Hall–Kier alpha value is -4.50. The average Bonchev–Trinajstić information content (AvgIpc) is 3.41. The number of ether oxygens (including phenoxy) is 1. The van der Waals surface area contributed by atoms with E-state index in [0.29, 0.717) is 22.9 Å². The first-order valence-corrected chi connectivity index (χ1v) is 12.8. The van der Waals surface area contributed by atoms with Gasteiger partial charge in [0.2, 0.25) is 0 Å². The maximum Gasteiger partial charge on any atom is 0.253 e. The molecule has 1 aliphatic heterocycles. The van der Waals surface area contributed by atoms with Crippen LogP contribution in [-0.4, -0.2) is 75.4 Å². The van der Waals surface area contributed by atoms with E-state index in [2.05, 4.69) is 27.3 Å². The minimum atomic E-state index is 0.0749. The number of rotatable bonds is 6. The third-order valence-electron chi connectivity index (χ3n) is 7.11. The van der Waals surface area contributed by atoms with Gasteiger partial charge in [-0.15, -0.1) is 15.3 Å². The molecule has 0 radical (unpaired) electrons. The standard InChI is InChI=1S/C29H29N7O2/c1-3-34-16-18-35(19-17-34)29(37)21-8-12-22(13-9-21)30-26-24-6-4-5-7-25(24)28-32-31-27(36(28)33-26)20-10-14-23(38-2)15-11-20/h4-15H,3,16-19H2,1-2H3,(H,30,33). The maximum absolute atomic E-state index is 13.0. The molecule has 1 fully saturated rings. The summed E-state index contributed by atoms with van der Waals surface area (Å²) in [6.45, 7) is 6.54. The first kappa shape index (κ1) is 23.9. The molecule has 1 saturated heterocycles. The summed E-state index contributed by atoms with van der Waals surface area (Å²) in [7, 11) is 1.64. The Morgan fingerprint density at radius 1 is 0.895 bits per heavy atom. The lowest BCUT2D eigenvalue weighted by molar-refractivity contribution is 0.0643. The monoisotopic (exact) mass is 507 g/mol. The quantitative estimate of drug-likeness (QED) is 0.363. The molecule has 3 aromatic carbocycles. The molecule has 2 aromatic heterocycles. The largest absolute Gasteiger partial charge is 0.497 e. The Morgan fingerprint density at radius 3 is 2.29 bits per heavy atom. The molecule has 38 heavy (non-hydrogen) atoms. The van der Waals surface area contributed by atoms with E-state index in [0.717, 1.165) is 60.5 Å². The van der Waals surface area contributed by atoms with Crippen molar-refractivity contribution in [1.82, 2.24) is 29.6 Å². The van der Waals surface area contributed by atoms with Gasteiger partial charge >= 0.3 is 0 Å². The van der Waals surface area contributed by atoms with E-state index in [1.807, 2.05) is 77.7 Å². The Labute approximate surface area is 220 Å². The molecule has 1 aliphatic rings. The number of nitrogens with one attached hydrogen (secondary N) is 1. The van der Waals surface area contributed by atoms with Crippen molar-refractivity contribution in [3.8, 4) is 17.1 Å². The molecule has 3 heterocycles. The molecule has 9 nitrogen and oxygen atoms in total. The first-order valence-electron chi connectivity index (χ1n) is 12.8. The summed E-state index contributed by atoms with van der Waals surface area (Å²) in [5.74, 6) is 2.16. The zero-order valence-corrected chi connectivity index (χ0v) is 21.5. The fraction of sp³-hybridized carbons (Fsp3) is 0.241. The molecule has 9 heteroatoms. The number of hydrogen-bond donors (Lipinski definition) is 1. The van der Waals surface area contributed by atoms with E-state index >= 15 is 0 Å². The number of hydrogen-bond acceptors (Lipinski definition) is 7. The van der Waals surface area contributed by atoms with Crippen LogP contribution in [0.25, 0.3) is 27.8 Å². The van der Waals surface area contributed by atoms with Gasteiger partial charge in [0.05, 0.1) is 7.11 Å². The van der Waals surface area contributed by atoms with E-state index in [4.69, 9.17) is 9.84 Å². The lowest BCUT2D eigenvalue weighted by atomic mass is 10.1. The predicted molar refractivity (Wildman–Crippen MR) is 148 cm³/mol. The Bertz CT molecular complexity index is 1590. The van der Waals surface area contributed by atoms with Crippen LogP contribution in [0.4, 0.5) is 11.5 Å². The van der Waals surface area contributed by atoms with Crippen LogP contribution in [0.2, 0.25) is 0 Å². The number of likely N-dealkylation sites (N-methyl/N-ethyl adjacent to an activating group) is 1. The number of amides is 1.